The van der Waals surface area contributed by atoms with E-state index in [2.05, 4.69) is 0 Å². The number of aromatic nitrogens is 1. The highest BCUT2D eigenvalue weighted by atomic mass is 32.2. The standard InChI is InChI=1S/C9H12O3S.C7H10NO2S/c1-6-4-7(2)9(8(3)5-6)13(10,11)12;1-7(9)10-4-2-8-3-5-11-6-8/h4-5H,1-3H3,(H,10,11,12);3,5-6H,2,4H2,1H3/q;+1/p-1. The van der Waals surface area contributed by atoms with Crippen molar-refractivity contribution in [2.24, 2.45) is 0 Å². The van der Waals surface area contributed by atoms with E-state index in [4.69, 9.17) is 4.74 Å². The molecule has 6 nitrogen and oxygen atoms in total. The fraction of sp³-hybridized carbons (Fsp3) is 0.375. The van der Waals surface area contributed by atoms with Gasteiger partial charge in [-0.05, 0) is 31.9 Å². The molecule has 0 saturated heterocycles. The summed E-state index contributed by atoms with van der Waals surface area (Å²) in [6.07, 6.45) is 1.95. The van der Waals surface area contributed by atoms with Gasteiger partial charge in [-0.3, -0.25) is 4.79 Å². The zero-order chi connectivity index (χ0) is 18.3. The number of hydrogen-bond donors (Lipinski definition) is 0. The molecule has 0 N–H and O–H groups in total. The molecule has 0 saturated carbocycles. The molecule has 1 heterocycles. The van der Waals surface area contributed by atoms with Crippen LogP contribution in [0.15, 0.2) is 34.1 Å². The van der Waals surface area contributed by atoms with E-state index >= 15 is 0 Å². The molecule has 0 amide bonds. The predicted molar refractivity (Wildman–Crippen MR) is 89.8 cm³/mol. The van der Waals surface area contributed by atoms with E-state index in [0.29, 0.717) is 17.7 Å². The van der Waals surface area contributed by atoms with E-state index in [1.54, 1.807) is 37.3 Å². The minimum atomic E-state index is -4.33. The van der Waals surface area contributed by atoms with Crippen LogP contribution < -0.4 is 4.57 Å². The fourth-order valence-corrected chi connectivity index (χ4v) is 3.78. The first-order valence-electron chi connectivity index (χ1n) is 7.19. The van der Waals surface area contributed by atoms with Crippen molar-refractivity contribution in [3.63, 3.8) is 0 Å². The van der Waals surface area contributed by atoms with Crippen LogP contribution in [0.3, 0.4) is 0 Å². The summed E-state index contributed by atoms with van der Waals surface area (Å²) in [5, 5.41) is 1.98. The number of carbonyl (C=O) groups excluding carboxylic acids is 1. The minimum Gasteiger partial charge on any atom is -0.744 e. The highest BCUT2D eigenvalue weighted by Gasteiger charge is 2.09. The van der Waals surface area contributed by atoms with Crippen molar-refractivity contribution >= 4 is 27.4 Å². The van der Waals surface area contributed by atoms with Gasteiger partial charge in [-0.1, -0.05) is 29.0 Å². The lowest BCUT2D eigenvalue weighted by atomic mass is 10.1. The first kappa shape index (κ1) is 20.3. The lowest BCUT2D eigenvalue weighted by molar-refractivity contribution is -0.693. The number of carbonyl (C=O) groups is 1. The van der Waals surface area contributed by atoms with Crippen LogP contribution in [0.4, 0.5) is 0 Å². The Bertz CT molecular complexity index is 760. The number of ether oxygens (including phenoxy) is 1. The Hall–Kier alpha value is -1.77. The van der Waals surface area contributed by atoms with Gasteiger partial charge in [0.1, 0.15) is 10.1 Å². The molecular formula is C16H21NO5S2. The number of nitrogens with zero attached hydrogens (tertiary/aromatic N) is 1. The average molecular weight is 371 g/mol. The first-order chi connectivity index (χ1) is 11.1. The maximum Gasteiger partial charge on any atom is 0.302 e. The molecule has 2 rings (SSSR count). The monoisotopic (exact) mass is 371 g/mol. The summed E-state index contributed by atoms with van der Waals surface area (Å²) in [6.45, 7) is 7.73. The predicted octanol–water partition coefficient (Wildman–Crippen LogP) is 2.11. The third-order valence-electron chi connectivity index (χ3n) is 3.04. The Balaban J connectivity index is 0.000000243. The van der Waals surface area contributed by atoms with Crippen LogP contribution in [0.2, 0.25) is 0 Å². The summed E-state index contributed by atoms with van der Waals surface area (Å²) in [5.74, 6) is -0.221. The van der Waals surface area contributed by atoms with Crippen molar-refractivity contribution in [1.29, 1.82) is 0 Å². The number of thiazole rings is 1. The second-order valence-electron chi connectivity index (χ2n) is 5.29. The molecule has 0 atom stereocenters. The Kier molecular flexibility index (Phi) is 7.53. The van der Waals surface area contributed by atoms with Crippen molar-refractivity contribution in [2.45, 2.75) is 39.1 Å². The number of aryl methyl sites for hydroxylation is 3. The van der Waals surface area contributed by atoms with Gasteiger partial charge < -0.3 is 9.29 Å². The van der Waals surface area contributed by atoms with Gasteiger partial charge in [0.05, 0.1) is 10.3 Å². The molecule has 0 radical (unpaired) electrons. The van der Waals surface area contributed by atoms with Gasteiger partial charge >= 0.3 is 5.97 Å². The van der Waals surface area contributed by atoms with Gasteiger partial charge in [-0.2, -0.15) is 4.57 Å². The normalized spacial score (nSPS) is 10.7. The highest BCUT2D eigenvalue weighted by Crippen LogP contribution is 2.20. The zero-order valence-corrected chi connectivity index (χ0v) is 15.7. The summed E-state index contributed by atoms with van der Waals surface area (Å²) >= 11 is 1.62. The third kappa shape index (κ3) is 6.77. The number of esters is 1. The molecule has 0 aliphatic rings. The zero-order valence-electron chi connectivity index (χ0n) is 14.1. The Morgan fingerprint density at radius 2 is 1.83 bits per heavy atom. The molecule has 0 aliphatic carbocycles. The van der Waals surface area contributed by atoms with Crippen LogP contribution in [0.1, 0.15) is 23.6 Å². The smallest absolute Gasteiger partial charge is 0.302 e. The molecule has 8 heteroatoms. The van der Waals surface area contributed by atoms with Crippen LogP contribution >= 0.6 is 11.3 Å². The molecule has 1 aromatic carbocycles. The summed E-state index contributed by atoms with van der Waals surface area (Å²) in [5.41, 5.74) is 3.98. The van der Waals surface area contributed by atoms with E-state index in [9.17, 15) is 17.8 Å². The molecule has 0 bridgehead atoms. The molecule has 24 heavy (non-hydrogen) atoms. The number of benzene rings is 1. The highest BCUT2D eigenvalue weighted by molar-refractivity contribution is 7.85. The van der Waals surface area contributed by atoms with Crippen molar-refractivity contribution in [3.05, 3.63) is 45.9 Å². The topological polar surface area (TPSA) is 87.4 Å². The van der Waals surface area contributed by atoms with Gasteiger partial charge in [0, 0.05) is 6.92 Å². The van der Waals surface area contributed by atoms with Crippen molar-refractivity contribution < 1.29 is 27.1 Å². The lowest BCUT2D eigenvalue weighted by Crippen LogP contribution is -2.33. The van der Waals surface area contributed by atoms with Crippen LogP contribution in [0.25, 0.3) is 0 Å². The van der Waals surface area contributed by atoms with Crippen LogP contribution in [0, 0.1) is 20.8 Å². The number of rotatable bonds is 4. The number of hydrogen-bond acceptors (Lipinski definition) is 6. The third-order valence-corrected chi connectivity index (χ3v) is 4.85. The van der Waals surface area contributed by atoms with E-state index < -0.39 is 10.1 Å². The van der Waals surface area contributed by atoms with Gasteiger partial charge in [0.15, 0.2) is 19.3 Å². The molecular weight excluding hydrogens is 350 g/mol. The lowest BCUT2D eigenvalue weighted by Gasteiger charge is -2.14. The first-order valence-corrected chi connectivity index (χ1v) is 9.54. The van der Waals surface area contributed by atoms with Crippen molar-refractivity contribution in [2.75, 3.05) is 6.61 Å². The molecule has 2 aromatic rings. The Labute approximate surface area is 146 Å². The fourth-order valence-electron chi connectivity index (χ4n) is 2.24. The molecule has 132 valence electrons. The maximum absolute atomic E-state index is 10.8. The molecule has 0 aliphatic heterocycles. The summed E-state index contributed by atoms with van der Waals surface area (Å²) < 4.78 is 39.2. The molecule has 0 spiro atoms. The van der Waals surface area contributed by atoms with E-state index in [1.807, 2.05) is 28.6 Å². The molecule has 0 fully saturated rings. The summed E-state index contributed by atoms with van der Waals surface area (Å²) in [4.78, 5) is 10.3. The van der Waals surface area contributed by atoms with E-state index in [1.165, 1.54) is 6.92 Å². The largest absolute Gasteiger partial charge is 0.744 e. The molecule has 0 unspecified atom stereocenters. The van der Waals surface area contributed by atoms with E-state index in [0.717, 1.165) is 12.1 Å². The van der Waals surface area contributed by atoms with Crippen molar-refractivity contribution in [3.8, 4) is 0 Å². The van der Waals surface area contributed by atoms with E-state index in [-0.39, 0.29) is 10.9 Å². The average Bonchev–Trinajstić information content (AvgIpc) is 2.89. The maximum atomic E-state index is 10.8. The van der Waals surface area contributed by atoms with Gasteiger partial charge in [-0.25, -0.2) is 8.42 Å². The van der Waals surface area contributed by atoms with Crippen LogP contribution in [-0.4, -0.2) is 25.5 Å². The van der Waals surface area contributed by atoms with Crippen molar-refractivity contribution in [1.82, 2.24) is 0 Å². The summed E-state index contributed by atoms with van der Waals surface area (Å²) in [6, 6.07) is 3.38. The Morgan fingerprint density at radius 3 is 2.25 bits per heavy atom. The Morgan fingerprint density at radius 1 is 1.25 bits per heavy atom. The quantitative estimate of drug-likeness (QED) is 0.467. The SMILES string of the molecule is CC(=O)OCC[n+]1ccsc1.Cc1cc(C)c(S(=O)(=O)[O-])c(C)c1. The minimum absolute atomic E-state index is 0.0851. The van der Waals surface area contributed by atoms with Gasteiger partial charge in [0.25, 0.3) is 0 Å². The summed E-state index contributed by atoms with van der Waals surface area (Å²) in [7, 11) is -4.33. The van der Waals surface area contributed by atoms with Gasteiger partial charge in [-0.15, -0.1) is 0 Å². The van der Waals surface area contributed by atoms with Crippen LogP contribution in [0.5, 0.6) is 0 Å². The van der Waals surface area contributed by atoms with Crippen LogP contribution in [-0.2, 0) is 26.2 Å². The molecule has 1 aromatic heterocycles. The van der Waals surface area contributed by atoms with Gasteiger partial charge in [0.2, 0.25) is 5.51 Å². The second kappa shape index (κ2) is 8.91. The second-order valence-corrected chi connectivity index (χ2v) is 7.36.